The molecule has 34 heavy (non-hydrogen) atoms. The average Bonchev–Trinajstić information content (AvgIpc) is 2.83. The number of hydrogen-bond acceptors (Lipinski definition) is 6. The minimum absolute atomic E-state index is 0. The van der Waals surface area contributed by atoms with Gasteiger partial charge in [-0.2, -0.15) is 0 Å². The Hall–Kier alpha value is -2.36. The monoisotopic (exact) mass is 477 g/mol. The van der Waals surface area contributed by atoms with Crippen LogP contribution in [-0.4, -0.2) is 53.8 Å². The first-order valence-electron chi connectivity index (χ1n) is 11.3. The largest absolute Gasteiger partial charge is 1.00 e. The predicted octanol–water partition coefficient (Wildman–Crippen LogP) is 1.84. The standard InChI is InChI=1S/C24H34N6O3.Na/c1-20(2)16-23(29(26-32)15-14-21-10-6-4-7-11-21)19-30(27-33)24(18-28(3)25-31)17-22-12-8-5-9-13-22;/h4-13,20,23-24H,14-19H2,1-3H3;/q;+1/t23-,24-;/m0./s1. The molecular weight excluding hydrogens is 443 g/mol. The molecule has 0 saturated carbocycles. The molecule has 0 N–H and O–H groups in total. The van der Waals surface area contributed by atoms with Gasteiger partial charge in [-0.05, 0) is 36.3 Å². The van der Waals surface area contributed by atoms with E-state index in [4.69, 9.17) is 0 Å². The van der Waals surface area contributed by atoms with Crippen LogP contribution in [0.3, 0.4) is 0 Å². The molecule has 0 radical (unpaired) electrons. The van der Waals surface area contributed by atoms with Crippen LogP contribution in [0.25, 0.3) is 0 Å². The van der Waals surface area contributed by atoms with Crippen LogP contribution < -0.4 is 29.6 Å². The second kappa shape index (κ2) is 16.3. The summed E-state index contributed by atoms with van der Waals surface area (Å²) in [6, 6.07) is 18.9. The van der Waals surface area contributed by atoms with Crippen molar-refractivity contribution in [2.45, 2.75) is 45.2 Å². The van der Waals surface area contributed by atoms with Gasteiger partial charge in [0.05, 0.1) is 41.0 Å². The van der Waals surface area contributed by atoms with Crippen molar-refractivity contribution in [1.29, 1.82) is 0 Å². The zero-order chi connectivity index (χ0) is 24.1. The van der Waals surface area contributed by atoms with Gasteiger partial charge < -0.3 is 0 Å². The van der Waals surface area contributed by atoms with Gasteiger partial charge in [-0.15, -0.1) is 14.7 Å². The minimum Gasteiger partial charge on any atom is -0.262 e. The Morgan fingerprint density at radius 1 is 0.735 bits per heavy atom. The van der Waals surface area contributed by atoms with Crippen molar-refractivity contribution in [1.82, 2.24) is 15.0 Å². The van der Waals surface area contributed by atoms with E-state index in [1.54, 1.807) is 7.05 Å². The van der Waals surface area contributed by atoms with Crippen molar-refractivity contribution in [3.63, 3.8) is 0 Å². The third-order valence-corrected chi connectivity index (χ3v) is 5.59. The van der Waals surface area contributed by atoms with E-state index in [0.717, 1.165) is 11.1 Å². The van der Waals surface area contributed by atoms with Crippen LogP contribution >= 0.6 is 0 Å². The molecule has 0 spiro atoms. The van der Waals surface area contributed by atoms with Crippen LogP contribution in [0, 0.1) is 20.6 Å². The van der Waals surface area contributed by atoms with Gasteiger partial charge in [0.1, 0.15) is 0 Å². The number of nitrogens with zero attached hydrogens (tertiary/aromatic N) is 6. The van der Waals surface area contributed by atoms with E-state index in [0.29, 0.717) is 25.8 Å². The van der Waals surface area contributed by atoms with Gasteiger partial charge in [0.15, 0.2) is 0 Å². The second-order valence-electron chi connectivity index (χ2n) is 8.73. The van der Waals surface area contributed by atoms with E-state index < -0.39 is 0 Å². The topological polar surface area (TPSA) is 98.0 Å². The van der Waals surface area contributed by atoms with Crippen LogP contribution in [0.5, 0.6) is 0 Å². The molecule has 2 rings (SSSR count). The summed E-state index contributed by atoms with van der Waals surface area (Å²) in [6.45, 7) is 5.04. The summed E-state index contributed by atoms with van der Waals surface area (Å²) in [4.78, 5) is 34.8. The Balaban J connectivity index is 0.00000578. The molecule has 9 nitrogen and oxygen atoms in total. The van der Waals surface area contributed by atoms with Crippen molar-refractivity contribution in [3.8, 4) is 0 Å². The van der Waals surface area contributed by atoms with Gasteiger partial charge in [0, 0.05) is 13.6 Å². The van der Waals surface area contributed by atoms with Gasteiger partial charge in [-0.25, -0.2) is 0 Å². The van der Waals surface area contributed by atoms with Gasteiger partial charge in [-0.3, -0.25) is 15.0 Å². The van der Waals surface area contributed by atoms with E-state index in [-0.39, 0.29) is 60.6 Å². The Bertz CT molecular complexity index is 843. The summed E-state index contributed by atoms with van der Waals surface area (Å²) in [5.41, 5.74) is 2.13. The van der Waals surface area contributed by atoms with Crippen LogP contribution in [0.2, 0.25) is 0 Å². The SMILES string of the molecule is CC(C)C[C@@H](CN(N=O)[C@@H](Cc1ccccc1)CN(C)N=O)N(CCc1ccccc1)N=O.[Na+]. The molecule has 0 fully saturated rings. The molecular formula is C24H34N6NaO3+. The molecule has 2 atom stereocenters. The molecule has 0 aliphatic heterocycles. The quantitative estimate of drug-likeness (QED) is 0.208. The second-order valence-corrected chi connectivity index (χ2v) is 8.73. The number of benzene rings is 2. The fourth-order valence-electron chi connectivity index (χ4n) is 3.97. The van der Waals surface area contributed by atoms with Crippen molar-refractivity contribution >= 4 is 0 Å². The first-order chi connectivity index (χ1) is 16.0. The molecule has 2 aromatic rings. The summed E-state index contributed by atoms with van der Waals surface area (Å²) < 4.78 is 0. The number of nitroso groups, excluding NO2 is 3. The summed E-state index contributed by atoms with van der Waals surface area (Å²) in [7, 11) is 1.57. The first kappa shape index (κ1) is 29.7. The molecule has 0 heterocycles. The summed E-state index contributed by atoms with van der Waals surface area (Å²) in [5, 5.41) is 13.8. The molecule has 0 amide bonds. The molecule has 0 aliphatic rings. The normalized spacial score (nSPS) is 12.2. The maximum atomic E-state index is 11.9. The zero-order valence-electron chi connectivity index (χ0n) is 20.7. The molecule has 0 bridgehead atoms. The van der Waals surface area contributed by atoms with Crippen LogP contribution in [0.4, 0.5) is 0 Å². The van der Waals surface area contributed by atoms with Gasteiger partial charge >= 0.3 is 29.6 Å². The Kier molecular flexibility index (Phi) is 14.2. The van der Waals surface area contributed by atoms with E-state index in [1.807, 2.05) is 60.7 Å². The third-order valence-electron chi connectivity index (χ3n) is 5.59. The summed E-state index contributed by atoms with van der Waals surface area (Å²) in [6.07, 6.45) is 1.85. The van der Waals surface area contributed by atoms with E-state index in [9.17, 15) is 14.7 Å². The van der Waals surface area contributed by atoms with Gasteiger partial charge in [-0.1, -0.05) is 74.5 Å². The number of hydrogen-bond donors (Lipinski definition) is 0. The molecule has 0 saturated heterocycles. The molecule has 0 unspecified atom stereocenters. The van der Waals surface area contributed by atoms with Crippen molar-refractivity contribution in [2.24, 2.45) is 21.8 Å². The smallest absolute Gasteiger partial charge is 0.262 e. The fourth-order valence-corrected chi connectivity index (χ4v) is 3.97. The van der Waals surface area contributed by atoms with Crippen molar-refractivity contribution in [3.05, 3.63) is 86.5 Å². The Morgan fingerprint density at radius 3 is 1.79 bits per heavy atom. The minimum atomic E-state index is -0.384. The van der Waals surface area contributed by atoms with E-state index in [2.05, 4.69) is 29.7 Å². The van der Waals surface area contributed by atoms with Crippen LogP contribution in [0.1, 0.15) is 31.4 Å². The molecule has 10 heteroatoms. The maximum Gasteiger partial charge on any atom is 1.00 e. The number of likely N-dealkylation sites (N-methyl/N-ethyl adjacent to an activating group) is 1. The van der Waals surface area contributed by atoms with Gasteiger partial charge in [0.25, 0.3) is 0 Å². The van der Waals surface area contributed by atoms with Gasteiger partial charge in [0.2, 0.25) is 0 Å². The maximum absolute atomic E-state index is 11.9. The van der Waals surface area contributed by atoms with Crippen molar-refractivity contribution in [2.75, 3.05) is 26.7 Å². The summed E-state index contributed by atoms with van der Waals surface area (Å²) >= 11 is 0. The average molecular weight is 478 g/mol. The van der Waals surface area contributed by atoms with E-state index in [1.165, 1.54) is 15.0 Å². The van der Waals surface area contributed by atoms with Crippen LogP contribution in [-0.2, 0) is 12.8 Å². The molecule has 178 valence electrons. The number of rotatable bonds is 16. The van der Waals surface area contributed by atoms with Crippen molar-refractivity contribution < 1.29 is 29.6 Å². The third kappa shape index (κ3) is 10.3. The Labute approximate surface area is 224 Å². The van der Waals surface area contributed by atoms with Crippen LogP contribution in [0.15, 0.2) is 76.5 Å². The molecule has 0 aliphatic carbocycles. The fraction of sp³-hybridized carbons (Fsp3) is 0.500. The summed E-state index contributed by atoms with van der Waals surface area (Å²) in [5.74, 6) is 0.288. The zero-order valence-corrected chi connectivity index (χ0v) is 22.7. The predicted molar refractivity (Wildman–Crippen MR) is 131 cm³/mol. The van der Waals surface area contributed by atoms with E-state index >= 15 is 0 Å². The molecule has 0 aromatic heterocycles. The molecule has 2 aromatic carbocycles. The first-order valence-corrected chi connectivity index (χ1v) is 11.3. The Morgan fingerprint density at radius 2 is 1.29 bits per heavy atom.